The van der Waals surface area contributed by atoms with Gasteiger partial charge in [-0.15, -0.1) is 11.8 Å². The highest BCUT2D eigenvalue weighted by Crippen LogP contribution is 2.40. The average molecular weight is 294 g/mol. The molecular weight excluding hydrogens is 280 g/mol. The molecule has 0 amide bonds. The van der Waals surface area contributed by atoms with Gasteiger partial charge in [0.05, 0.1) is 24.8 Å². The van der Waals surface area contributed by atoms with Gasteiger partial charge in [-0.05, 0) is 24.5 Å². The van der Waals surface area contributed by atoms with Gasteiger partial charge < -0.3 is 14.6 Å². The van der Waals surface area contributed by atoms with E-state index in [1.54, 1.807) is 20.3 Å². The molecule has 0 atom stereocenters. The van der Waals surface area contributed by atoms with Crippen molar-refractivity contribution in [3.8, 4) is 22.8 Å². The minimum atomic E-state index is -1.06. The highest BCUT2D eigenvalue weighted by Gasteiger charge is 2.17. The number of hydrogen-bond acceptors (Lipinski definition) is 5. The zero-order chi connectivity index (χ0) is 14.7. The second-order valence-electron chi connectivity index (χ2n) is 3.88. The molecule has 0 spiro atoms. The number of thioether (sulfide) groups is 1. The van der Waals surface area contributed by atoms with Gasteiger partial charge in [0.15, 0.2) is 0 Å². The van der Waals surface area contributed by atoms with E-state index in [9.17, 15) is 4.79 Å². The summed E-state index contributed by atoms with van der Waals surface area (Å²) in [5.74, 6) is 0.238. The number of nitrogens with one attached hydrogen (secondary N) is 1. The maximum Gasteiger partial charge on any atom is 0.353 e. The van der Waals surface area contributed by atoms with Crippen LogP contribution < -0.4 is 9.47 Å². The summed E-state index contributed by atoms with van der Waals surface area (Å²) in [5, 5.41) is 15.4. The van der Waals surface area contributed by atoms with E-state index < -0.39 is 5.97 Å². The van der Waals surface area contributed by atoms with Gasteiger partial charge in [0.25, 0.3) is 0 Å². The quantitative estimate of drug-likeness (QED) is 0.824. The van der Waals surface area contributed by atoms with Crippen LogP contribution in [0.5, 0.6) is 11.5 Å². The summed E-state index contributed by atoms with van der Waals surface area (Å²) in [4.78, 5) is 11.8. The number of aromatic carboxylic acids is 1. The molecule has 1 heterocycles. The first-order valence-corrected chi connectivity index (χ1v) is 6.92. The molecule has 0 bridgehead atoms. The average Bonchev–Trinajstić information content (AvgIpc) is 2.95. The third-order valence-corrected chi connectivity index (χ3v) is 3.52. The number of benzene rings is 1. The molecule has 0 aliphatic carbocycles. The molecule has 1 aromatic carbocycles. The smallest absolute Gasteiger partial charge is 0.353 e. The Morgan fingerprint density at radius 2 is 2.05 bits per heavy atom. The molecule has 1 aromatic heterocycles. The van der Waals surface area contributed by atoms with Crippen molar-refractivity contribution in [2.45, 2.75) is 4.90 Å². The van der Waals surface area contributed by atoms with Crippen molar-refractivity contribution in [1.82, 2.24) is 10.2 Å². The van der Waals surface area contributed by atoms with E-state index >= 15 is 0 Å². The molecule has 106 valence electrons. The van der Waals surface area contributed by atoms with E-state index in [0.29, 0.717) is 22.8 Å². The topological polar surface area (TPSA) is 84.4 Å². The molecule has 0 radical (unpaired) electrons. The van der Waals surface area contributed by atoms with Crippen molar-refractivity contribution in [2.75, 3.05) is 20.5 Å². The first-order chi connectivity index (χ1) is 9.60. The molecule has 0 fully saturated rings. The van der Waals surface area contributed by atoms with Crippen molar-refractivity contribution in [3.05, 3.63) is 23.9 Å². The summed E-state index contributed by atoms with van der Waals surface area (Å²) in [7, 11) is 3.14. The van der Waals surface area contributed by atoms with Gasteiger partial charge in [0, 0.05) is 5.56 Å². The monoisotopic (exact) mass is 294 g/mol. The van der Waals surface area contributed by atoms with Crippen LogP contribution in [0.4, 0.5) is 0 Å². The van der Waals surface area contributed by atoms with Crippen molar-refractivity contribution >= 4 is 17.7 Å². The Labute approximate surface area is 120 Å². The molecule has 2 rings (SSSR count). The standard InChI is InChI=1S/C13H14N2O4S/c1-18-7-4-8(12(19-2)11(5-7)20-3)9-6-10(13(16)17)15-14-9/h4-6H,1-3H3,(H,14,15)(H,16,17). The number of aromatic nitrogens is 2. The number of carbonyl (C=O) groups is 1. The predicted molar refractivity (Wildman–Crippen MR) is 75.9 cm³/mol. The highest BCUT2D eigenvalue weighted by molar-refractivity contribution is 7.98. The minimum absolute atomic E-state index is 0.0237. The van der Waals surface area contributed by atoms with Gasteiger partial charge in [-0.1, -0.05) is 0 Å². The van der Waals surface area contributed by atoms with Crippen LogP contribution in [0.25, 0.3) is 11.3 Å². The molecule has 7 heteroatoms. The molecule has 0 saturated carbocycles. The fourth-order valence-electron chi connectivity index (χ4n) is 1.82. The summed E-state index contributed by atoms with van der Waals surface area (Å²) in [6.07, 6.45) is 1.92. The van der Waals surface area contributed by atoms with Crippen LogP contribution >= 0.6 is 11.8 Å². The van der Waals surface area contributed by atoms with Crippen molar-refractivity contribution in [3.63, 3.8) is 0 Å². The van der Waals surface area contributed by atoms with E-state index in [4.69, 9.17) is 14.6 Å². The van der Waals surface area contributed by atoms with Crippen molar-refractivity contribution in [1.29, 1.82) is 0 Å². The summed E-state index contributed by atoms with van der Waals surface area (Å²) in [6, 6.07) is 5.09. The number of H-pyrrole nitrogens is 1. The van der Waals surface area contributed by atoms with Gasteiger partial charge in [-0.3, -0.25) is 5.10 Å². The molecule has 0 aliphatic rings. The van der Waals surface area contributed by atoms with E-state index in [1.165, 1.54) is 17.8 Å². The van der Waals surface area contributed by atoms with Crippen LogP contribution in [-0.4, -0.2) is 41.7 Å². The van der Waals surface area contributed by atoms with Gasteiger partial charge in [0.2, 0.25) is 0 Å². The SMILES string of the molecule is COc1cc(SC)c(OC)c(-c2cc(C(=O)O)[nH]n2)c1. The van der Waals surface area contributed by atoms with Crippen LogP contribution in [0.2, 0.25) is 0 Å². The Morgan fingerprint density at radius 3 is 2.55 bits per heavy atom. The summed E-state index contributed by atoms with van der Waals surface area (Å²) in [6.45, 7) is 0. The first kappa shape index (κ1) is 14.3. The number of aromatic amines is 1. The van der Waals surface area contributed by atoms with E-state index in [2.05, 4.69) is 10.2 Å². The van der Waals surface area contributed by atoms with Crippen molar-refractivity contribution in [2.24, 2.45) is 0 Å². The summed E-state index contributed by atoms with van der Waals surface area (Å²) >= 11 is 1.51. The lowest BCUT2D eigenvalue weighted by Gasteiger charge is -2.13. The lowest BCUT2D eigenvalue weighted by molar-refractivity contribution is 0.0690. The van der Waals surface area contributed by atoms with E-state index in [1.807, 2.05) is 12.3 Å². The zero-order valence-corrected chi connectivity index (χ0v) is 12.1. The Balaban J connectivity index is 2.60. The Hall–Kier alpha value is -2.15. The number of carboxylic acids is 1. The lowest BCUT2D eigenvalue weighted by Crippen LogP contribution is -1.95. The van der Waals surface area contributed by atoms with Gasteiger partial charge in [0.1, 0.15) is 17.2 Å². The first-order valence-electron chi connectivity index (χ1n) is 5.69. The van der Waals surface area contributed by atoms with Gasteiger partial charge >= 0.3 is 5.97 Å². The fraction of sp³-hybridized carbons (Fsp3) is 0.231. The molecule has 2 N–H and O–H groups in total. The second-order valence-corrected chi connectivity index (χ2v) is 4.73. The largest absolute Gasteiger partial charge is 0.497 e. The maximum atomic E-state index is 10.9. The predicted octanol–water partition coefficient (Wildman–Crippen LogP) is 2.51. The molecule has 6 nitrogen and oxygen atoms in total. The number of nitrogens with zero attached hydrogens (tertiary/aromatic N) is 1. The third-order valence-electron chi connectivity index (χ3n) is 2.77. The number of methoxy groups -OCH3 is 2. The van der Waals surface area contributed by atoms with Crippen molar-refractivity contribution < 1.29 is 19.4 Å². The van der Waals surface area contributed by atoms with Crippen LogP contribution in [0.15, 0.2) is 23.1 Å². The van der Waals surface area contributed by atoms with Crippen LogP contribution in [0.1, 0.15) is 10.5 Å². The normalized spacial score (nSPS) is 10.3. The molecular formula is C13H14N2O4S. The van der Waals surface area contributed by atoms with Gasteiger partial charge in [-0.2, -0.15) is 5.10 Å². The second kappa shape index (κ2) is 5.87. The maximum absolute atomic E-state index is 10.9. The number of ether oxygens (including phenoxy) is 2. The van der Waals surface area contributed by atoms with E-state index in [0.717, 1.165) is 4.90 Å². The summed E-state index contributed by atoms with van der Waals surface area (Å²) in [5.41, 5.74) is 1.20. The molecule has 0 aliphatic heterocycles. The molecule has 20 heavy (non-hydrogen) atoms. The molecule has 0 saturated heterocycles. The third kappa shape index (κ3) is 2.57. The van der Waals surface area contributed by atoms with Crippen LogP contribution in [0, 0.1) is 0 Å². The number of rotatable bonds is 5. The minimum Gasteiger partial charge on any atom is -0.497 e. The van der Waals surface area contributed by atoms with Crippen LogP contribution in [0.3, 0.4) is 0 Å². The Morgan fingerprint density at radius 1 is 1.30 bits per heavy atom. The van der Waals surface area contributed by atoms with Crippen LogP contribution in [-0.2, 0) is 0 Å². The number of hydrogen-bond donors (Lipinski definition) is 2. The van der Waals surface area contributed by atoms with E-state index in [-0.39, 0.29) is 5.69 Å². The Bertz CT molecular complexity index is 639. The molecule has 0 unspecified atom stereocenters. The van der Waals surface area contributed by atoms with Gasteiger partial charge in [-0.25, -0.2) is 4.79 Å². The highest BCUT2D eigenvalue weighted by atomic mass is 32.2. The Kier molecular flexibility index (Phi) is 4.19. The zero-order valence-electron chi connectivity index (χ0n) is 11.3. The molecule has 2 aromatic rings. The number of carboxylic acid groups (broad SMARTS) is 1. The lowest BCUT2D eigenvalue weighted by atomic mass is 10.1. The summed E-state index contributed by atoms with van der Waals surface area (Å²) < 4.78 is 10.7. The fourth-order valence-corrected chi connectivity index (χ4v) is 2.43.